The molecule has 0 radical (unpaired) electrons. The lowest BCUT2D eigenvalue weighted by Gasteiger charge is -2.30. The number of ether oxygens (including phenoxy) is 1. The van der Waals surface area contributed by atoms with Crippen LogP contribution in [0.15, 0.2) is 24.3 Å². The van der Waals surface area contributed by atoms with Crippen LogP contribution in [0.1, 0.15) is 38.2 Å². The highest BCUT2D eigenvalue weighted by Gasteiger charge is 2.31. The summed E-state index contributed by atoms with van der Waals surface area (Å²) in [4.78, 5) is 12.3. The Kier molecular flexibility index (Phi) is 3.45. The number of hydrogen-bond donors (Lipinski definition) is 1. The zero-order valence-electron chi connectivity index (χ0n) is 11.4. The smallest absolute Gasteiger partial charge is 0.261 e. The van der Waals surface area contributed by atoms with Crippen molar-refractivity contribution in [2.45, 2.75) is 51.2 Å². The molecular formula is C16H21NO2. The lowest BCUT2D eigenvalue weighted by Crippen LogP contribution is -2.46. The predicted octanol–water partition coefficient (Wildman–Crippen LogP) is 2.69. The van der Waals surface area contributed by atoms with Gasteiger partial charge in [0.15, 0.2) is 6.10 Å². The second-order valence-corrected chi connectivity index (χ2v) is 5.80. The first-order valence-electron chi connectivity index (χ1n) is 7.29. The minimum atomic E-state index is -0.341. The number of hydrogen-bond acceptors (Lipinski definition) is 2. The van der Waals surface area contributed by atoms with Crippen molar-refractivity contribution in [3.05, 3.63) is 29.8 Å². The molecule has 1 amide bonds. The van der Waals surface area contributed by atoms with Crippen LogP contribution in [0.4, 0.5) is 0 Å². The summed E-state index contributed by atoms with van der Waals surface area (Å²) in [6.45, 7) is 2.23. The fraction of sp³-hybridized carbons (Fsp3) is 0.562. The number of benzene rings is 1. The minimum Gasteiger partial charge on any atom is -0.480 e. The standard InChI is InChI=1S/C16H21NO2/c1-11-6-2-4-8-13(11)17-16(18)15-10-12-7-3-5-9-14(12)19-15/h3,5,7,9,11,13,15H,2,4,6,8,10H2,1H3,(H,17,18)/t11-,13-,15-/m1/s1. The first-order chi connectivity index (χ1) is 9.24. The topological polar surface area (TPSA) is 38.3 Å². The highest BCUT2D eigenvalue weighted by atomic mass is 16.5. The molecule has 19 heavy (non-hydrogen) atoms. The largest absolute Gasteiger partial charge is 0.480 e. The average Bonchev–Trinajstić information content (AvgIpc) is 2.85. The molecule has 1 heterocycles. The monoisotopic (exact) mass is 259 g/mol. The summed E-state index contributed by atoms with van der Waals surface area (Å²) in [5.41, 5.74) is 1.14. The summed E-state index contributed by atoms with van der Waals surface area (Å²) in [6, 6.07) is 8.24. The number of amides is 1. The Morgan fingerprint density at radius 2 is 2.05 bits per heavy atom. The number of fused-ring (bicyclic) bond motifs is 1. The van der Waals surface area contributed by atoms with E-state index in [-0.39, 0.29) is 12.0 Å². The number of rotatable bonds is 2. The number of carbonyl (C=O) groups excluding carboxylic acids is 1. The molecule has 3 atom stereocenters. The van der Waals surface area contributed by atoms with Gasteiger partial charge in [-0.1, -0.05) is 38.0 Å². The lowest BCUT2D eigenvalue weighted by atomic mass is 9.86. The maximum atomic E-state index is 12.3. The van der Waals surface area contributed by atoms with E-state index in [1.165, 1.54) is 19.3 Å². The van der Waals surface area contributed by atoms with Gasteiger partial charge >= 0.3 is 0 Å². The number of para-hydroxylation sites is 1. The predicted molar refractivity (Wildman–Crippen MR) is 74.1 cm³/mol. The summed E-state index contributed by atoms with van der Waals surface area (Å²) >= 11 is 0. The SMILES string of the molecule is C[C@@H]1CCCC[C@H]1NC(=O)[C@H]1Cc2ccccc2O1. The third kappa shape index (κ3) is 2.60. The van der Waals surface area contributed by atoms with Crippen LogP contribution in [0.25, 0.3) is 0 Å². The van der Waals surface area contributed by atoms with Gasteiger partial charge in [0.2, 0.25) is 0 Å². The van der Waals surface area contributed by atoms with Crippen LogP contribution < -0.4 is 10.1 Å². The highest BCUT2D eigenvalue weighted by molar-refractivity contribution is 5.82. The van der Waals surface area contributed by atoms with Gasteiger partial charge in [0.25, 0.3) is 5.91 Å². The van der Waals surface area contributed by atoms with Crippen LogP contribution in [0.3, 0.4) is 0 Å². The molecule has 0 unspecified atom stereocenters. The molecular weight excluding hydrogens is 238 g/mol. The van der Waals surface area contributed by atoms with Gasteiger partial charge in [0.05, 0.1) is 0 Å². The van der Waals surface area contributed by atoms with Gasteiger partial charge in [-0.25, -0.2) is 0 Å². The molecule has 0 saturated heterocycles. The van der Waals surface area contributed by atoms with Gasteiger partial charge in [-0.15, -0.1) is 0 Å². The number of carbonyl (C=O) groups is 1. The van der Waals surface area contributed by atoms with Gasteiger partial charge in [-0.05, 0) is 30.4 Å². The minimum absolute atomic E-state index is 0.0509. The van der Waals surface area contributed by atoms with Gasteiger partial charge < -0.3 is 10.1 Å². The van der Waals surface area contributed by atoms with Crippen LogP contribution in [0.2, 0.25) is 0 Å². The third-order valence-corrected chi connectivity index (χ3v) is 4.38. The maximum Gasteiger partial charge on any atom is 0.261 e. The second kappa shape index (κ2) is 5.24. The van der Waals surface area contributed by atoms with Crippen molar-refractivity contribution in [3.63, 3.8) is 0 Å². The molecule has 1 fully saturated rings. The maximum absolute atomic E-state index is 12.3. The molecule has 3 heteroatoms. The molecule has 3 rings (SSSR count). The summed E-state index contributed by atoms with van der Waals surface area (Å²) < 4.78 is 5.73. The Labute approximate surface area is 114 Å². The zero-order chi connectivity index (χ0) is 13.2. The van der Waals surface area contributed by atoms with E-state index in [0.717, 1.165) is 17.7 Å². The highest BCUT2D eigenvalue weighted by Crippen LogP contribution is 2.29. The second-order valence-electron chi connectivity index (χ2n) is 5.80. The van der Waals surface area contributed by atoms with Crippen molar-refractivity contribution in [2.24, 2.45) is 5.92 Å². The van der Waals surface area contributed by atoms with Crippen molar-refractivity contribution in [1.82, 2.24) is 5.32 Å². The molecule has 1 aromatic rings. The average molecular weight is 259 g/mol. The quantitative estimate of drug-likeness (QED) is 0.886. The van der Waals surface area contributed by atoms with Crippen LogP contribution >= 0.6 is 0 Å². The molecule has 1 aliphatic heterocycles. The van der Waals surface area contributed by atoms with Crippen molar-refractivity contribution in [2.75, 3.05) is 0 Å². The summed E-state index contributed by atoms with van der Waals surface area (Å²) in [7, 11) is 0. The Balaban J connectivity index is 1.60. The zero-order valence-corrected chi connectivity index (χ0v) is 11.4. The van der Waals surface area contributed by atoms with E-state index in [1.807, 2.05) is 24.3 Å². The van der Waals surface area contributed by atoms with E-state index in [2.05, 4.69) is 12.2 Å². The van der Waals surface area contributed by atoms with E-state index in [1.54, 1.807) is 0 Å². The van der Waals surface area contributed by atoms with Gasteiger partial charge in [0.1, 0.15) is 5.75 Å². The Hall–Kier alpha value is -1.51. The fourth-order valence-electron chi connectivity index (χ4n) is 3.13. The fourth-order valence-corrected chi connectivity index (χ4v) is 3.13. The number of nitrogens with one attached hydrogen (secondary N) is 1. The molecule has 3 nitrogen and oxygen atoms in total. The molecule has 102 valence electrons. The van der Waals surface area contributed by atoms with Crippen LogP contribution in [0, 0.1) is 5.92 Å². The van der Waals surface area contributed by atoms with E-state index in [9.17, 15) is 4.79 Å². The van der Waals surface area contributed by atoms with Gasteiger partial charge in [-0.3, -0.25) is 4.79 Å². The summed E-state index contributed by atoms with van der Waals surface area (Å²) in [5.74, 6) is 1.50. The molecule has 1 N–H and O–H groups in total. The van der Waals surface area contributed by atoms with Crippen molar-refractivity contribution < 1.29 is 9.53 Å². The molecule has 1 aromatic carbocycles. The van der Waals surface area contributed by atoms with Crippen LogP contribution in [-0.2, 0) is 11.2 Å². The van der Waals surface area contributed by atoms with Crippen LogP contribution in [0.5, 0.6) is 5.75 Å². The van der Waals surface area contributed by atoms with Crippen molar-refractivity contribution in [1.29, 1.82) is 0 Å². The Morgan fingerprint density at radius 3 is 2.84 bits per heavy atom. The molecule has 0 bridgehead atoms. The third-order valence-electron chi connectivity index (χ3n) is 4.38. The Morgan fingerprint density at radius 1 is 1.26 bits per heavy atom. The summed E-state index contributed by atoms with van der Waals surface area (Å²) in [5, 5.41) is 3.18. The molecule has 0 spiro atoms. The normalized spacial score (nSPS) is 29.4. The first kappa shape index (κ1) is 12.5. The Bertz CT molecular complexity index is 447. The van der Waals surface area contributed by atoms with E-state index in [0.29, 0.717) is 18.4 Å². The van der Waals surface area contributed by atoms with Crippen LogP contribution in [-0.4, -0.2) is 18.1 Å². The van der Waals surface area contributed by atoms with E-state index >= 15 is 0 Å². The summed E-state index contributed by atoms with van der Waals surface area (Å²) in [6.07, 6.45) is 5.19. The molecule has 2 aliphatic rings. The van der Waals surface area contributed by atoms with Gasteiger partial charge in [0, 0.05) is 12.5 Å². The van der Waals surface area contributed by atoms with E-state index < -0.39 is 0 Å². The molecule has 1 aliphatic carbocycles. The molecule has 0 aromatic heterocycles. The van der Waals surface area contributed by atoms with Crippen molar-refractivity contribution >= 4 is 5.91 Å². The van der Waals surface area contributed by atoms with Crippen molar-refractivity contribution in [3.8, 4) is 5.75 Å². The molecule has 1 saturated carbocycles. The first-order valence-corrected chi connectivity index (χ1v) is 7.29. The van der Waals surface area contributed by atoms with E-state index in [4.69, 9.17) is 4.74 Å². The lowest BCUT2D eigenvalue weighted by molar-refractivity contribution is -0.128. The van der Waals surface area contributed by atoms with Gasteiger partial charge in [-0.2, -0.15) is 0 Å².